The van der Waals surface area contributed by atoms with Crippen molar-refractivity contribution in [1.29, 1.82) is 0 Å². The van der Waals surface area contributed by atoms with E-state index in [0.717, 1.165) is 29.9 Å². The van der Waals surface area contributed by atoms with Gasteiger partial charge in [0.25, 0.3) is 0 Å². The summed E-state index contributed by atoms with van der Waals surface area (Å²) >= 11 is 1.07. The van der Waals surface area contributed by atoms with Gasteiger partial charge >= 0.3 is 0 Å². The summed E-state index contributed by atoms with van der Waals surface area (Å²) in [7, 11) is 0. The first-order valence-corrected chi connectivity index (χ1v) is 6.65. The molecule has 0 aliphatic rings. The molecule has 0 saturated carbocycles. The van der Waals surface area contributed by atoms with Gasteiger partial charge in [-0.05, 0) is 30.4 Å². The highest BCUT2D eigenvalue weighted by molar-refractivity contribution is 7.99. The highest BCUT2D eigenvalue weighted by atomic mass is 32.2. The fraction of sp³-hybridized carbons (Fsp3) is 0.231. The molecule has 0 spiro atoms. The molecule has 3 nitrogen and oxygen atoms in total. The minimum atomic E-state index is -0.606. The number of nitrogens with one attached hydrogen (secondary N) is 1. The third-order valence-corrected chi connectivity index (χ3v) is 3.30. The number of nitrogens with zero attached hydrogens (tertiary/aromatic N) is 2. The highest BCUT2D eigenvalue weighted by Crippen LogP contribution is 2.27. The summed E-state index contributed by atoms with van der Waals surface area (Å²) in [6, 6.07) is 3.44. The maximum atomic E-state index is 13.5. The summed E-state index contributed by atoms with van der Waals surface area (Å²) in [5.41, 5.74) is 0.964. The van der Waals surface area contributed by atoms with E-state index in [4.69, 9.17) is 0 Å². The van der Waals surface area contributed by atoms with Crippen molar-refractivity contribution >= 4 is 11.8 Å². The molecule has 0 unspecified atom stereocenters. The molecule has 0 radical (unpaired) electrons. The Bertz CT molecular complexity index is 546. The van der Waals surface area contributed by atoms with Crippen LogP contribution in [0.15, 0.2) is 40.6 Å². The van der Waals surface area contributed by atoms with Gasteiger partial charge < -0.3 is 5.32 Å². The van der Waals surface area contributed by atoms with Crippen molar-refractivity contribution in [2.75, 3.05) is 6.54 Å². The molecular weight excluding hydrogens is 268 g/mol. The van der Waals surface area contributed by atoms with E-state index in [1.165, 1.54) is 12.1 Å². The topological polar surface area (TPSA) is 37.8 Å². The molecule has 0 saturated heterocycles. The second-order valence-electron chi connectivity index (χ2n) is 3.83. The summed E-state index contributed by atoms with van der Waals surface area (Å²) < 4.78 is 26.2. The Kier molecular flexibility index (Phi) is 4.81. The maximum Gasteiger partial charge on any atom is 0.192 e. The Morgan fingerprint density at radius 2 is 1.95 bits per heavy atom. The van der Waals surface area contributed by atoms with Crippen molar-refractivity contribution in [3.63, 3.8) is 0 Å². The Morgan fingerprint density at radius 3 is 2.58 bits per heavy atom. The fourth-order valence-corrected chi connectivity index (χ4v) is 2.11. The summed E-state index contributed by atoms with van der Waals surface area (Å²) in [6.45, 7) is 3.59. The van der Waals surface area contributed by atoms with Crippen LogP contribution in [0.5, 0.6) is 0 Å². The van der Waals surface area contributed by atoms with Crippen LogP contribution in [0.1, 0.15) is 12.5 Å². The van der Waals surface area contributed by atoms with Crippen LogP contribution in [0.2, 0.25) is 0 Å². The zero-order valence-corrected chi connectivity index (χ0v) is 11.2. The number of rotatable bonds is 5. The van der Waals surface area contributed by atoms with Gasteiger partial charge in [0.2, 0.25) is 0 Å². The van der Waals surface area contributed by atoms with Crippen molar-refractivity contribution < 1.29 is 8.78 Å². The van der Waals surface area contributed by atoms with Crippen molar-refractivity contribution in [2.45, 2.75) is 23.5 Å². The van der Waals surface area contributed by atoms with Gasteiger partial charge in [-0.25, -0.2) is 18.7 Å². The molecule has 1 aromatic carbocycles. The first-order valence-electron chi connectivity index (χ1n) is 5.83. The standard InChI is InChI=1S/C13H13F2N3S/c1-2-16-6-9-7-17-13(18-8-9)19-12-4-3-10(14)5-11(12)15/h3-5,7-8,16H,2,6H2,1H3. The van der Waals surface area contributed by atoms with Gasteiger partial charge in [0.05, 0.1) is 4.90 Å². The highest BCUT2D eigenvalue weighted by Gasteiger charge is 2.07. The number of hydrogen-bond acceptors (Lipinski definition) is 4. The van der Waals surface area contributed by atoms with Crippen molar-refractivity contribution in [3.05, 3.63) is 47.8 Å². The summed E-state index contributed by atoms with van der Waals surface area (Å²) in [4.78, 5) is 8.59. The van der Waals surface area contributed by atoms with Crippen LogP contribution in [0, 0.1) is 11.6 Å². The zero-order chi connectivity index (χ0) is 13.7. The summed E-state index contributed by atoms with van der Waals surface area (Å²) in [6.07, 6.45) is 3.39. The predicted octanol–water partition coefficient (Wildman–Crippen LogP) is 3.02. The molecule has 0 aliphatic heterocycles. The lowest BCUT2D eigenvalue weighted by atomic mass is 10.3. The first-order chi connectivity index (χ1) is 9.19. The van der Waals surface area contributed by atoms with Crippen molar-refractivity contribution in [3.8, 4) is 0 Å². The van der Waals surface area contributed by atoms with Crippen LogP contribution in [0.25, 0.3) is 0 Å². The summed E-state index contributed by atoms with van der Waals surface area (Å²) in [5, 5.41) is 3.60. The van der Waals surface area contributed by atoms with Crippen LogP contribution in [0.4, 0.5) is 8.78 Å². The number of halogens is 2. The van der Waals surface area contributed by atoms with Gasteiger partial charge in [-0.2, -0.15) is 0 Å². The predicted molar refractivity (Wildman–Crippen MR) is 69.9 cm³/mol. The molecule has 0 fully saturated rings. The van der Waals surface area contributed by atoms with Gasteiger partial charge in [-0.1, -0.05) is 6.92 Å². The van der Waals surface area contributed by atoms with E-state index < -0.39 is 11.6 Å². The molecule has 19 heavy (non-hydrogen) atoms. The quantitative estimate of drug-likeness (QED) is 0.855. The molecule has 2 aromatic rings. The SMILES string of the molecule is CCNCc1cnc(Sc2ccc(F)cc2F)nc1. The lowest BCUT2D eigenvalue weighted by Gasteiger charge is -2.04. The van der Waals surface area contributed by atoms with E-state index >= 15 is 0 Å². The largest absolute Gasteiger partial charge is 0.313 e. The van der Waals surface area contributed by atoms with Crippen LogP contribution >= 0.6 is 11.8 Å². The third-order valence-electron chi connectivity index (χ3n) is 2.36. The fourth-order valence-electron chi connectivity index (χ4n) is 1.41. The number of benzene rings is 1. The monoisotopic (exact) mass is 281 g/mol. The smallest absolute Gasteiger partial charge is 0.192 e. The molecule has 1 N–H and O–H groups in total. The van der Waals surface area contributed by atoms with E-state index in [9.17, 15) is 8.78 Å². The lowest BCUT2D eigenvalue weighted by Crippen LogP contribution is -2.12. The molecule has 100 valence electrons. The molecular formula is C13H13F2N3S. The normalized spacial score (nSPS) is 10.7. The summed E-state index contributed by atoms with van der Waals surface area (Å²) in [5.74, 6) is -1.20. The first kappa shape index (κ1) is 13.9. The Balaban J connectivity index is 2.06. The third kappa shape index (κ3) is 3.97. The maximum absolute atomic E-state index is 13.5. The second-order valence-corrected chi connectivity index (χ2v) is 4.84. The van der Waals surface area contributed by atoms with Gasteiger partial charge in [-0.3, -0.25) is 0 Å². The van der Waals surface area contributed by atoms with E-state index in [1.54, 1.807) is 12.4 Å². The number of hydrogen-bond donors (Lipinski definition) is 1. The molecule has 0 aliphatic carbocycles. The van der Waals surface area contributed by atoms with Crippen LogP contribution in [-0.2, 0) is 6.54 Å². The van der Waals surface area contributed by atoms with Crippen LogP contribution in [0.3, 0.4) is 0 Å². The van der Waals surface area contributed by atoms with Crippen molar-refractivity contribution in [1.82, 2.24) is 15.3 Å². The molecule has 0 amide bonds. The van der Waals surface area contributed by atoms with Crippen LogP contribution in [-0.4, -0.2) is 16.5 Å². The lowest BCUT2D eigenvalue weighted by molar-refractivity contribution is 0.565. The van der Waals surface area contributed by atoms with E-state index in [0.29, 0.717) is 16.6 Å². The van der Waals surface area contributed by atoms with Gasteiger partial charge in [-0.15, -0.1) is 0 Å². The average molecular weight is 281 g/mol. The minimum Gasteiger partial charge on any atom is -0.313 e. The molecule has 2 rings (SSSR count). The molecule has 1 aromatic heterocycles. The van der Waals surface area contributed by atoms with E-state index in [-0.39, 0.29) is 0 Å². The minimum absolute atomic E-state index is 0.306. The zero-order valence-electron chi connectivity index (χ0n) is 10.4. The van der Waals surface area contributed by atoms with Crippen molar-refractivity contribution in [2.24, 2.45) is 0 Å². The Morgan fingerprint density at radius 1 is 1.21 bits per heavy atom. The molecule has 0 bridgehead atoms. The molecule has 1 heterocycles. The molecule has 6 heteroatoms. The number of aromatic nitrogens is 2. The van der Waals surface area contributed by atoms with E-state index in [1.807, 2.05) is 6.92 Å². The average Bonchev–Trinajstić information content (AvgIpc) is 2.41. The molecule has 0 atom stereocenters. The Hall–Kier alpha value is -1.53. The van der Waals surface area contributed by atoms with Gasteiger partial charge in [0.15, 0.2) is 5.16 Å². The Labute approximate surface area is 114 Å². The second kappa shape index (κ2) is 6.58. The van der Waals surface area contributed by atoms with Gasteiger partial charge in [0.1, 0.15) is 11.6 Å². The van der Waals surface area contributed by atoms with E-state index in [2.05, 4.69) is 15.3 Å². The van der Waals surface area contributed by atoms with Crippen LogP contribution < -0.4 is 5.32 Å². The van der Waals surface area contributed by atoms with Gasteiger partial charge in [0, 0.05) is 30.6 Å².